The number of nitrogens with zero attached hydrogens (tertiary/aromatic N) is 3. The van der Waals surface area contributed by atoms with E-state index in [1.807, 2.05) is 0 Å². The standard InChI is InChI=1S/C8H7F2N3/c1-5-2-11-3-6-4-12-8(7(9)10)13(5)6/h2-4,7H,1H3. The first-order valence-electron chi connectivity index (χ1n) is 3.76. The SMILES string of the molecule is Cc1cncc2cnc(C(F)F)n12. The van der Waals surface area contributed by atoms with Gasteiger partial charge < -0.3 is 0 Å². The van der Waals surface area contributed by atoms with Crippen LogP contribution in [0.25, 0.3) is 5.52 Å². The Bertz CT molecular complexity index is 436. The molecule has 0 aliphatic heterocycles. The molecule has 0 saturated carbocycles. The quantitative estimate of drug-likeness (QED) is 0.676. The van der Waals surface area contributed by atoms with Gasteiger partial charge in [0.15, 0.2) is 5.82 Å². The molecule has 5 heteroatoms. The van der Waals surface area contributed by atoms with Gasteiger partial charge in [0.1, 0.15) is 0 Å². The van der Waals surface area contributed by atoms with Gasteiger partial charge in [-0.25, -0.2) is 13.8 Å². The van der Waals surface area contributed by atoms with Gasteiger partial charge in [-0.3, -0.25) is 9.38 Å². The van der Waals surface area contributed by atoms with Crippen LogP contribution in [0, 0.1) is 6.92 Å². The number of rotatable bonds is 1. The highest BCUT2D eigenvalue weighted by molar-refractivity contribution is 5.44. The van der Waals surface area contributed by atoms with Gasteiger partial charge in [-0.1, -0.05) is 0 Å². The van der Waals surface area contributed by atoms with Crippen LogP contribution in [0.3, 0.4) is 0 Å². The molecule has 68 valence electrons. The summed E-state index contributed by atoms with van der Waals surface area (Å²) >= 11 is 0. The zero-order valence-electron chi connectivity index (χ0n) is 6.91. The minimum Gasteiger partial charge on any atom is -0.293 e. The van der Waals surface area contributed by atoms with Crippen molar-refractivity contribution in [1.82, 2.24) is 14.4 Å². The van der Waals surface area contributed by atoms with E-state index in [2.05, 4.69) is 9.97 Å². The van der Waals surface area contributed by atoms with Gasteiger partial charge in [0.25, 0.3) is 6.43 Å². The first-order valence-corrected chi connectivity index (χ1v) is 3.76. The van der Waals surface area contributed by atoms with Crippen molar-refractivity contribution in [3.8, 4) is 0 Å². The summed E-state index contributed by atoms with van der Waals surface area (Å²) in [6.45, 7) is 1.72. The normalized spacial score (nSPS) is 11.4. The average Bonchev–Trinajstić information content (AvgIpc) is 2.49. The lowest BCUT2D eigenvalue weighted by molar-refractivity contribution is 0.139. The highest BCUT2D eigenvalue weighted by atomic mass is 19.3. The Balaban J connectivity index is 2.79. The Morgan fingerprint density at radius 1 is 1.31 bits per heavy atom. The number of aromatic nitrogens is 3. The van der Waals surface area contributed by atoms with Crippen molar-refractivity contribution in [2.75, 3.05) is 0 Å². The van der Waals surface area contributed by atoms with Gasteiger partial charge in [-0.2, -0.15) is 0 Å². The highest BCUT2D eigenvalue weighted by Crippen LogP contribution is 2.19. The summed E-state index contributed by atoms with van der Waals surface area (Å²) in [6, 6.07) is 0. The Morgan fingerprint density at radius 3 is 2.77 bits per heavy atom. The number of aryl methyl sites for hydroxylation is 1. The lowest BCUT2D eigenvalue weighted by Crippen LogP contribution is -1.99. The van der Waals surface area contributed by atoms with Crippen molar-refractivity contribution in [3.63, 3.8) is 0 Å². The van der Waals surface area contributed by atoms with Crippen molar-refractivity contribution in [3.05, 3.63) is 30.1 Å². The van der Waals surface area contributed by atoms with Crippen LogP contribution in [0.1, 0.15) is 17.9 Å². The zero-order valence-corrected chi connectivity index (χ0v) is 6.91. The van der Waals surface area contributed by atoms with Crippen LogP contribution >= 0.6 is 0 Å². The van der Waals surface area contributed by atoms with Gasteiger partial charge in [0.2, 0.25) is 0 Å². The Morgan fingerprint density at radius 2 is 2.08 bits per heavy atom. The molecule has 0 aromatic carbocycles. The number of imidazole rings is 1. The van der Waals surface area contributed by atoms with Crippen molar-refractivity contribution in [1.29, 1.82) is 0 Å². The van der Waals surface area contributed by atoms with Crippen molar-refractivity contribution < 1.29 is 8.78 Å². The molecule has 2 rings (SSSR count). The van der Waals surface area contributed by atoms with Crippen LogP contribution in [-0.4, -0.2) is 14.4 Å². The summed E-state index contributed by atoms with van der Waals surface area (Å²) in [5.41, 5.74) is 1.25. The predicted molar refractivity (Wildman–Crippen MR) is 42.7 cm³/mol. The minimum absolute atomic E-state index is 0.227. The molecular weight excluding hydrogens is 176 g/mol. The second-order valence-electron chi connectivity index (χ2n) is 2.73. The summed E-state index contributed by atoms with van der Waals surface area (Å²) < 4.78 is 26.2. The summed E-state index contributed by atoms with van der Waals surface area (Å²) in [4.78, 5) is 7.51. The second-order valence-corrected chi connectivity index (χ2v) is 2.73. The summed E-state index contributed by atoms with van der Waals surface area (Å²) in [5.74, 6) is -0.227. The molecule has 0 fully saturated rings. The van der Waals surface area contributed by atoms with Crippen molar-refractivity contribution in [2.45, 2.75) is 13.3 Å². The Kier molecular flexibility index (Phi) is 1.72. The fourth-order valence-corrected chi connectivity index (χ4v) is 1.29. The molecule has 2 aromatic rings. The summed E-state index contributed by atoms with van der Waals surface area (Å²) in [6.07, 6.45) is 1.87. The maximum absolute atomic E-state index is 12.4. The van der Waals surface area contributed by atoms with Crippen LogP contribution in [0.15, 0.2) is 18.6 Å². The molecular formula is C8H7F2N3. The molecule has 3 nitrogen and oxygen atoms in total. The van der Waals surface area contributed by atoms with Crippen molar-refractivity contribution >= 4 is 5.52 Å². The third kappa shape index (κ3) is 1.16. The molecule has 0 bridgehead atoms. The minimum atomic E-state index is -2.55. The molecule has 0 unspecified atom stereocenters. The fourth-order valence-electron chi connectivity index (χ4n) is 1.29. The van der Waals surface area contributed by atoms with E-state index in [9.17, 15) is 8.78 Å². The van der Waals surface area contributed by atoms with Gasteiger partial charge >= 0.3 is 0 Å². The largest absolute Gasteiger partial charge is 0.295 e. The number of hydrogen-bond acceptors (Lipinski definition) is 2. The van der Waals surface area contributed by atoms with Gasteiger partial charge in [-0.05, 0) is 6.92 Å². The molecule has 2 heterocycles. The first-order chi connectivity index (χ1) is 6.20. The smallest absolute Gasteiger partial charge is 0.293 e. The maximum Gasteiger partial charge on any atom is 0.295 e. The second kappa shape index (κ2) is 2.76. The molecule has 0 atom stereocenters. The first kappa shape index (κ1) is 8.10. The third-order valence-corrected chi connectivity index (χ3v) is 1.83. The molecule has 0 aliphatic carbocycles. The predicted octanol–water partition coefficient (Wildman–Crippen LogP) is 1.98. The Labute approximate surface area is 73.0 Å². The van der Waals surface area contributed by atoms with E-state index in [1.165, 1.54) is 23.0 Å². The van der Waals surface area contributed by atoms with Crippen LogP contribution in [0.4, 0.5) is 8.78 Å². The van der Waals surface area contributed by atoms with E-state index in [0.717, 1.165) is 0 Å². The fraction of sp³-hybridized carbons (Fsp3) is 0.250. The van der Waals surface area contributed by atoms with E-state index in [4.69, 9.17) is 0 Å². The van der Waals surface area contributed by atoms with Gasteiger partial charge in [0.05, 0.1) is 17.9 Å². The van der Waals surface area contributed by atoms with Gasteiger partial charge in [-0.15, -0.1) is 0 Å². The van der Waals surface area contributed by atoms with E-state index in [1.54, 1.807) is 6.92 Å². The number of fused-ring (bicyclic) bond motifs is 1. The van der Waals surface area contributed by atoms with Gasteiger partial charge in [0, 0.05) is 11.9 Å². The number of hydrogen-bond donors (Lipinski definition) is 0. The van der Waals surface area contributed by atoms with Crippen molar-refractivity contribution in [2.24, 2.45) is 0 Å². The lowest BCUT2D eigenvalue weighted by Gasteiger charge is -2.02. The van der Waals surface area contributed by atoms with Crippen LogP contribution in [0.5, 0.6) is 0 Å². The topological polar surface area (TPSA) is 30.2 Å². The van der Waals surface area contributed by atoms with Crippen LogP contribution in [0.2, 0.25) is 0 Å². The average molecular weight is 183 g/mol. The summed E-state index contributed by atoms with van der Waals surface area (Å²) in [5, 5.41) is 0. The molecule has 0 spiro atoms. The highest BCUT2D eigenvalue weighted by Gasteiger charge is 2.14. The molecule has 0 radical (unpaired) electrons. The molecule has 0 aliphatic rings. The molecule has 0 N–H and O–H groups in total. The number of alkyl halides is 2. The number of halogens is 2. The molecule has 0 amide bonds. The third-order valence-electron chi connectivity index (χ3n) is 1.83. The van der Waals surface area contributed by atoms with E-state index < -0.39 is 6.43 Å². The lowest BCUT2D eigenvalue weighted by atomic mass is 10.4. The summed E-state index contributed by atoms with van der Waals surface area (Å²) in [7, 11) is 0. The van der Waals surface area contributed by atoms with E-state index in [0.29, 0.717) is 11.2 Å². The zero-order chi connectivity index (χ0) is 9.42. The van der Waals surface area contributed by atoms with Crippen LogP contribution in [-0.2, 0) is 0 Å². The van der Waals surface area contributed by atoms with E-state index in [-0.39, 0.29) is 5.82 Å². The molecule has 2 aromatic heterocycles. The molecule has 13 heavy (non-hydrogen) atoms. The monoisotopic (exact) mass is 183 g/mol. The Hall–Kier alpha value is -1.52. The molecule has 0 saturated heterocycles. The maximum atomic E-state index is 12.4. The van der Waals surface area contributed by atoms with Crippen LogP contribution < -0.4 is 0 Å². The van der Waals surface area contributed by atoms with E-state index >= 15 is 0 Å².